The molecule has 4 aromatic heterocycles. The second-order valence-corrected chi connectivity index (χ2v) is 9.35. The molecule has 5 rings (SSSR count). The Morgan fingerprint density at radius 2 is 1.86 bits per heavy atom. The summed E-state index contributed by atoms with van der Waals surface area (Å²) in [6.45, 7) is 6.96. The molecule has 37 heavy (non-hydrogen) atoms. The number of unbranched alkanes of at least 4 members (excludes halogenated alkanes) is 1. The third-order valence-corrected chi connectivity index (χ3v) is 6.96. The summed E-state index contributed by atoms with van der Waals surface area (Å²) in [4.78, 5) is 18.2. The molecule has 0 amide bonds. The second-order valence-electron chi connectivity index (χ2n) is 9.35. The lowest BCUT2D eigenvalue weighted by Gasteiger charge is -2.15. The van der Waals surface area contributed by atoms with Crippen LogP contribution in [0.25, 0.3) is 28.3 Å². The minimum absolute atomic E-state index is 0.0303. The first-order valence-corrected chi connectivity index (χ1v) is 12.9. The Balaban J connectivity index is 1.53. The average molecular weight is 497 g/mol. The Labute approximate surface area is 215 Å². The summed E-state index contributed by atoms with van der Waals surface area (Å²) in [7, 11) is 0. The number of nitrogens with zero attached hydrogens (tertiary/aromatic N) is 7. The maximum absolute atomic E-state index is 13.8. The minimum Gasteiger partial charge on any atom is -0.331 e. The number of nitrogens with one attached hydrogen (secondary N) is 1. The molecule has 0 aliphatic rings. The lowest BCUT2D eigenvalue weighted by Crippen LogP contribution is -2.26. The highest BCUT2D eigenvalue weighted by Crippen LogP contribution is 2.27. The number of benzene rings is 1. The van der Waals surface area contributed by atoms with Gasteiger partial charge in [0.05, 0.1) is 6.54 Å². The summed E-state index contributed by atoms with van der Waals surface area (Å²) in [5.41, 5.74) is 4.99. The molecule has 0 bridgehead atoms. The van der Waals surface area contributed by atoms with Crippen LogP contribution in [0.4, 0.5) is 0 Å². The topological polar surface area (TPSA) is 99.2 Å². The molecule has 9 heteroatoms. The Bertz CT molecular complexity index is 1510. The molecule has 1 N–H and O–H groups in total. The fourth-order valence-electron chi connectivity index (χ4n) is 4.67. The van der Waals surface area contributed by atoms with Crippen LogP contribution in [0.3, 0.4) is 0 Å². The van der Waals surface area contributed by atoms with Crippen molar-refractivity contribution < 1.29 is 0 Å². The lowest BCUT2D eigenvalue weighted by molar-refractivity contribution is 0.521. The molecule has 1 atom stereocenters. The first-order valence-electron chi connectivity index (χ1n) is 12.9. The quantitative estimate of drug-likeness (QED) is 0.292. The van der Waals surface area contributed by atoms with Gasteiger partial charge in [-0.3, -0.25) is 14.1 Å². The maximum Gasteiger partial charge on any atom is 0.334 e. The number of pyridine rings is 1. The van der Waals surface area contributed by atoms with Crippen LogP contribution < -0.4 is 5.69 Å². The smallest absolute Gasteiger partial charge is 0.331 e. The normalized spacial score (nSPS) is 12.2. The number of tetrazole rings is 1. The molecule has 0 aliphatic carbocycles. The molecule has 1 aromatic carbocycles. The van der Waals surface area contributed by atoms with Crippen molar-refractivity contribution in [1.82, 2.24) is 39.3 Å². The third kappa shape index (κ3) is 4.89. The molecule has 0 aliphatic heterocycles. The van der Waals surface area contributed by atoms with Gasteiger partial charge in [0, 0.05) is 42.1 Å². The van der Waals surface area contributed by atoms with Gasteiger partial charge in [-0.2, -0.15) is 0 Å². The van der Waals surface area contributed by atoms with Gasteiger partial charge < -0.3 is 4.57 Å². The highest BCUT2D eigenvalue weighted by Gasteiger charge is 2.18. The fraction of sp³-hybridized carbons (Fsp3) is 0.321. The average Bonchev–Trinajstić information content (AvgIpc) is 3.69. The third-order valence-electron chi connectivity index (χ3n) is 6.96. The number of aryl methyl sites for hydroxylation is 1. The first kappa shape index (κ1) is 24.4. The van der Waals surface area contributed by atoms with Crippen LogP contribution >= 0.6 is 0 Å². The molecule has 4 heterocycles. The van der Waals surface area contributed by atoms with E-state index in [1.165, 1.54) is 0 Å². The van der Waals surface area contributed by atoms with Crippen molar-refractivity contribution in [3.05, 3.63) is 89.0 Å². The summed E-state index contributed by atoms with van der Waals surface area (Å²) < 4.78 is 5.88. The van der Waals surface area contributed by atoms with Crippen molar-refractivity contribution in [1.29, 1.82) is 0 Å². The SMILES string of the molecule is CCCCc1cn(-c2cccn2C(C)CC)c(=O)n1Cc1cnccc1-c1ccc(-c2nnn[nH]2)cc1. The lowest BCUT2D eigenvalue weighted by atomic mass is 10.00. The standard InChI is InChI=1S/C28H32N8O/c1-4-6-8-24-19-36(26-9-7-16-34(26)20(3)5-2)28(37)35(24)18-23-17-29-15-14-25(23)21-10-12-22(13-11-21)27-30-32-33-31-27/h7,9-17,19-20H,4-6,8,18H2,1-3H3,(H,30,31,32,33). The van der Waals surface area contributed by atoms with Gasteiger partial charge in [-0.15, -0.1) is 5.10 Å². The fourth-order valence-corrected chi connectivity index (χ4v) is 4.67. The number of aromatic amines is 1. The number of hydrogen-bond acceptors (Lipinski definition) is 5. The molecule has 0 fully saturated rings. The van der Waals surface area contributed by atoms with Crippen molar-refractivity contribution in [2.75, 3.05) is 0 Å². The van der Waals surface area contributed by atoms with E-state index < -0.39 is 0 Å². The van der Waals surface area contributed by atoms with Crippen LogP contribution in [0.5, 0.6) is 0 Å². The zero-order chi connectivity index (χ0) is 25.8. The number of H-pyrrole nitrogens is 1. The second kappa shape index (κ2) is 10.8. The van der Waals surface area contributed by atoms with Gasteiger partial charge in [0.2, 0.25) is 0 Å². The van der Waals surface area contributed by atoms with E-state index in [2.05, 4.69) is 57.1 Å². The highest BCUT2D eigenvalue weighted by molar-refractivity contribution is 5.69. The van der Waals surface area contributed by atoms with Crippen LogP contribution in [0.2, 0.25) is 0 Å². The van der Waals surface area contributed by atoms with E-state index in [9.17, 15) is 4.79 Å². The summed E-state index contributed by atoms with van der Waals surface area (Å²) in [6, 6.07) is 14.4. The Hall–Kier alpha value is -4.27. The molecule has 0 spiro atoms. The van der Waals surface area contributed by atoms with E-state index in [4.69, 9.17) is 0 Å². The van der Waals surface area contributed by atoms with Gasteiger partial charge in [0.15, 0.2) is 5.82 Å². The molecule has 9 nitrogen and oxygen atoms in total. The van der Waals surface area contributed by atoms with Crippen LogP contribution in [-0.4, -0.2) is 39.3 Å². The Morgan fingerprint density at radius 1 is 1.05 bits per heavy atom. The molecular weight excluding hydrogens is 464 g/mol. The van der Waals surface area contributed by atoms with E-state index in [0.717, 1.165) is 59.4 Å². The zero-order valence-corrected chi connectivity index (χ0v) is 21.5. The van der Waals surface area contributed by atoms with Gasteiger partial charge >= 0.3 is 5.69 Å². The molecule has 0 saturated carbocycles. The zero-order valence-electron chi connectivity index (χ0n) is 21.5. The monoisotopic (exact) mass is 496 g/mol. The van der Waals surface area contributed by atoms with E-state index in [0.29, 0.717) is 18.4 Å². The number of imidazole rings is 1. The summed E-state index contributed by atoms with van der Waals surface area (Å²) in [6.07, 6.45) is 11.6. The largest absolute Gasteiger partial charge is 0.334 e. The van der Waals surface area contributed by atoms with Crippen molar-refractivity contribution in [3.8, 4) is 28.3 Å². The van der Waals surface area contributed by atoms with E-state index in [1.807, 2.05) is 59.4 Å². The predicted octanol–water partition coefficient (Wildman–Crippen LogP) is 5.04. The van der Waals surface area contributed by atoms with Crippen molar-refractivity contribution in [2.45, 2.75) is 59.0 Å². The number of aromatic nitrogens is 8. The van der Waals surface area contributed by atoms with Crippen LogP contribution in [-0.2, 0) is 13.0 Å². The molecule has 0 saturated heterocycles. The van der Waals surface area contributed by atoms with E-state index in [1.54, 1.807) is 10.8 Å². The van der Waals surface area contributed by atoms with Gasteiger partial charge in [0.25, 0.3) is 0 Å². The molecule has 5 aromatic rings. The van der Waals surface area contributed by atoms with E-state index in [-0.39, 0.29) is 5.69 Å². The molecular formula is C28H32N8O. The molecule has 190 valence electrons. The van der Waals surface area contributed by atoms with Crippen molar-refractivity contribution in [3.63, 3.8) is 0 Å². The van der Waals surface area contributed by atoms with Crippen LogP contribution in [0, 0.1) is 0 Å². The summed E-state index contributed by atoms with van der Waals surface area (Å²) in [5, 5.41) is 14.1. The minimum atomic E-state index is -0.0303. The molecule has 0 radical (unpaired) electrons. The van der Waals surface area contributed by atoms with E-state index >= 15 is 0 Å². The summed E-state index contributed by atoms with van der Waals surface area (Å²) >= 11 is 0. The first-order chi connectivity index (χ1) is 18.1. The highest BCUT2D eigenvalue weighted by atomic mass is 16.1. The van der Waals surface area contributed by atoms with Gasteiger partial charge in [0.1, 0.15) is 5.82 Å². The van der Waals surface area contributed by atoms with Crippen LogP contribution in [0.1, 0.15) is 57.3 Å². The molecule has 1 unspecified atom stereocenters. The number of rotatable bonds is 10. The van der Waals surface area contributed by atoms with Gasteiger partial charge in [-0.05, 0) is 71.5 Å². The van der Waals surface area contributed by atoms with Gasteiger partial charge in [-0.1, -0.05) is 44.5 Å². The maximum atomic E-state index is 13.8. The Kier molecular flexibility index (Phi) is 7.11. The van der Waals surface area contributed by atoms with Crippen molar-refractivity contribution >= 4 is 0 Å². The van der Waals surface area contributed by atoms with Crippen LogP contribution in [0.15, 0.2) is 72.0 Å². The number of hydrogen-bond donors (Lipinski definition) is 1. The van der Waals surface area contributed by atoms with Crippen molar-refractivity contribution in [2.24, 2.45) is 0 Å². The predicted molar refractivity (Wildman–Crippen MR) is 144 cm³/mol. The van der Waals surface area contributed by atoms with Gasteiger partial charge in [-0.25, -0.2) is 9.89 Å². The Morgan fingerprint density at radius 3 is 2.59 bits per heavy atom. The summed E-state index contributed by atoms with van der Waals surface area (Å²) in [5.74, 6) is 1.52.